The molecule has 6 nitrogen and oxygen atoms in total. The Kier molecular flexibility index (Phi) is 7.60. The summed E-state index contributed by atoms with van der Waals surface area (Å²) in [4.78, 5) is 4.26. The van der Waals surface area contributed by atoms with Crippen LogP contribution in [0.25, 0.3) is 5.69 Å². The van der Waals surface area contributed by atoms with Gasteiger partial charge in [0.2, 0.25) is 0 Å². The van der Waals surface area contributed by atoms with Crippen LogP contribution in [-0.4, -0.2) is 35.9 Å². The smallest absolute Gasteiger partial charge is 0.191 e. The summed E-state index contributed by atoms with van der Waals surface area (Å²) >= 11 is 0. The summed E-state index contributed by atoms with van der Waals surface area (Å²) in [7, 11) is 1.73. The topological polar surface area (TPSA) is 63.5 Å². The van der Waals surface area contributed by atoms with Crippen LogP contribution in [0.3, 0.4) is 0 Å². The lowest BCUT2D eigenvalue weighted by Crippen LogP contribution is -2.38. The number of ether oxygens (including phenoxy) is 1. The summed E-state index contributed by atoms with van der Waals surface area (Å²) in [6.45, 7) is 5.41. The van der Waals surface area contributed by atoms with Gasteiger partial charge in [-0.15, -0.1) is 0 Å². The van der Waals surface area contributed by atoms with Gasteiger partial charge >= 0.3 is 0 Å². The Morgan fingerprint density at radius 1 is 1.17 bits per heavy atom. The molecule has 3 rings (SSSR count). The van der Waals surface area contributed by atoms with Gasteiger partial charge in [0.1, 0.15) is 18.2 Å². The van der Waals surface area contributed by atoms with E-state index in [2.05, 4.69) is 27.3 Å². The number of aliphatic imine (C=N–C) groups is 1. The predicted octanol–water partition coefficient (Wildman–Crippen LogP) is 3.48. The molecular weight excluding hydrogens is 381 g/mol. The van der Waals surface area contributed by atoms with E-state index < -0.39 is 0 Å². The summed E-state index contributed by atoms with van der Waals surface area (Å²) in [6, 6.07) is 16.1. The van der Waals surface area contributed by atoms with Gasteiger partial charge in [0, 0.05) is 38.3 Å². The minimum absolute atomic E-state index is 0.260. The summed E-state index contributed by atoms with van der Waals surface area (Å²) in [5.41, 5.74) is 2.80. The molecule has 0 unspecified atom stereocenters. The maximum absolute atomic E-state index is 13.1. The summed E-state index contributed by atoms with van der Waals surface area (Å²) < 4.78 is 20.5. The Bertz CT molecular complexity index is 981. The second-order valence-electron chi connectivity index (χ2n) is 6.54. The largest absolute Gasteiger partial charge is 0.489 e. The third kappa shape index (κ3) is 5.94. The maximum Gasteiger partial charge on any atom is 0.191 e. The van der Waals surface area contributed by atoms with E-state index in [9.17, 15) is 4.39 Å². The van der Waals surface area contributed by atoms with Gasteiger partial charge in [-0.25, -0.2) is 9.07 Å². The van der Waals surface area contributed by atoms with Gasteiger partial charge < -0.3 is 15.4 Å². The molecule has 0 aliphatic rings. The second-order valence-corrected chi connectivity index (χ2v) is 6.54. The molecule has 0 fully saturated rings. The summed E-state index contributed by atoms with van der Waals surface area (Å²) in [6.07, 6.45) is 4.33. The van der Waals surface area contributed by atoms with Crippen molar-refractivity contribution in [1.82, 2.24) is 20.4 Å². The molecule has 7 heteroatoms. The highest BCUT2D eigenvalue weighted by Crippen LogP contribution is 2.17. The third-order valence-electron chi connectivity index (χ3n) is 4.41. The Hall–Kier alpha value is -3.61. The van der Waals surface area contributed by atoms with Crippen LogP contribution in [0.2, 0.25) is 0 Å². The SMILES string of the molecule is C=CCOc1ccccc1CNC(=NC)NCCc1ccn(-c2ccc(F)cc2)n1. The van der Waals surface area contributed by atoms with E-state index in [1.165, 1.54) is 12.1 Å². The van der Waals surface area contributed by atoms with Gasteiger partial charge in [0.05, 0.1) is 11.4 Å². The van der Waals surface area contributed by atoms with E-state index in [1.54, 1.807) is 29.9 Å². The number of hydrogen-bond acceptors (Lipinski definition) is 3. The van der Waals surface area contributed by atoms with E-state index in [-0.39, 0.29) is 5.82 Å². The van der Waals surface area contributed by atoms with Crippen molar-refractivity contribution in [3.8, 4) is 11.4 Å². The molecule has 156 valence electrons. The number of nitrogens with one attached hydrogen (secondary N) is 2. The van der Waals surface area contributed by atoms with Gasteiger partial charge in [-0.2, -0.15) is 5.10 Å². The van der Waals surface area contributed by atoms with Gasteiger partial charge in [-0.1, -0.05) is 30.9 Å². The van der Waals surface area contributed by atoms with Gasteiger partial charge in [-0.05, 0) is 36.4 Å². The van der Waals surface area contributed by atoms with Gasteiger partial charge in [-0.3, -0.25) is 4.99 Å². The molecule has 0 radical (unpaired) electrons. The lowest BCUT2D eigenvalue weighted by molar-refractivity contribution is 0.358. The van der Waals surface area contributed by atoms with Crippen LogP contribution in [0.5, 0.6) is 5.75 Å². The molecule has 30 heavy (non-hydrogen) atoms. The minimum atomic E-state index is -0.260. The van der Waals surface area contributed by atoms with Crippen LogP contribution in [0.4, 0.5) is 4.39 Å². The molecule has 0 atom stereocenters. The van der Waals surface area contributed by atoms with Crippen molar-refractivity contribution in [1.29, 1.82) is 0 Å². The van der Waals surface area contributed by atoms with Crippen LogP contribution < -0.4 is 15.4 Å². The number of nitrogens with zero attached hydrogens (tertiary/aromatic N) is 3. The minimum Gasteiger partial charge on any atom is -0.489 e. The molecule has 2 aromatic carbocycles. The lowest BCUT2D eigenvalue weighted by atomic mass is 10.2. The first kappa shape index (κ1) is 21.1. The predicted molar refractivity (Wildman–Crippen MR) is 118 cm³/mol. The Balaban J connectivity index is 1.48. The monoisotopic (exact) mass is 407 g/mol. The molecule has 0 saturated heterocycles. The van der Waals surface area contributed by atoms with Crippen LogP contribution >= 0.6 is 0 Å². The number of benzene rings is 2. The molecule has 3 aromatic rings. The molecule has 0 bridgehead atoms. The average molecular weight is 407 g/mol. The molecule has 0 spiro atoms. The van der Waals surface area contributed by atoms with Crippen LogP contribution in [-0.2, 0) is 13.0 Å². The van der Waals surface area contributed by atoms with Crippen molar-refractivity contribution >= 4 is 5.96 Å². The Morgan fingerprint density at radius 3 is 2.73 bits per heavy atom. The van der Waals surface area contributed by atoms with E-state index >= 15 is 0 Å². The highest BCUT2D eigenvalue weighted by Gasteiger charge is 2.05. The molecule has 0 aliphatic heterocycles. The molecule has 0 aliphatic carbocycles. The van der Waals surface area contributed by atoms with Crippen LogP contribution in [0.1, 0.15) is 11.3 Å². The quantitative estimate of drug-likeness (QED) is 0.324. The molecule has 0 saturated carbocycles. The van der Waals surface area contributed by atoms with Crippen molar-refractivity contribution < 1.29 is 9.13 Å². The maximum atomic E-state index is 13.1. The van der Waals surface area contributed by atoms with E-state index in [1.807, 2.05) is 36.5 Å². The molecule has 1 heterocycles. The number of halogens is 1. The van der Waals surface area contributed by atoms with E-state index in [0.29, 0.717) is 25.7 Å². The van der Waals surface area contributed by atoms with E-state index in [4.69, 9.17) is 4.74 Å². The van der Waals surface area contributed by atoms with Crippen molar-refractivity contribution in [3.05, 3.63) is 90.5 Å². The first-order valence-electron chi connectivity index (χ1n) is 9.76. The second kappa shape index (κ2) is 10.8. The van der Waals surface area contributed by atoms with Crippen molar-refractivity contribution in [2.24, 2.45) is 4.99 Å². The number of rotatable bonds is 9. The fraction of sp³-hybridized carbons (Fsp3) is 0.217. The number of guanidine groups is 1. The first-order valence-corrected chi connectivity index (χ1v) is 9.76. The van der Waals surface area contributed by atoms with Gasteiger partial charge in [0.25, 0.3) is 0 Å². The fourth-order valence-electron chi connectivity index (χ4n) is 2.88. The Morgan fingerprint density at radius 2 is 1.97 bits per heavy atom. The normalized spacial score (nSPS) is 11.2. The summed E-state index contributed by atoms with van der Waals surface area (Å²) in [5, 5.41) is 11.1. The lowest BCUT2D eigenvalue weighted by Gasteiger charge is -2.14. The molecule has 1 aromatic heterocycles. The zero-order chi connectivity index (χ0) is 21.2. The molecule has 2 N–H and O–H groups in total. The fourth-order valence-corrected chi connectivity index (χ4v) is 2.88. The average Bonchev–Trinajstić information content (AvgIpc) is 3.24. The first-order chi connectivity index (χ1) is 14.7. The van der Waals surface area contributed by atoms with Crippen molar-refractivity contribution in [2.75, 3.05) is 20.2 Å². The highest BCUT2D eigenvalue weighted by molar-refractivity contribution is 5.79. The third-order valence-corrected chi connectivity index (χ3v) is 4.41. The zero-order valence-electron chi connectivity index (χ0n) is 17.0. The Labute approximate surface area is 176 Å². The van der Waals surface area contributed by atoms with Gasteiger partial charge in [0.15, 0.2) is 5.96 Å². The standard InChI is InChI=1S/C23H26FN5O/c1-3-16-30-22-7-5-4-6-18(22)17-27-23(25-2)26-14-12-20-13-15-29(28-20)21-10-8-19(24)9-11-21/h3-11,13,15H,1,12,14,16-17H2,2H3,(H2,25,26,27). The molecule has 0 amide bonds. The number of aromatic nitrogens is 2. The molecular formula is C23H26FN5O. The van der Waals surface area contributed by atoms with Crippen LogP contribution in [0.15, 0.2) is 78.4 Å². The van der Waals surface area contributed by atoms with E-state index in [0.717, 1.165) is 29.1 Å². The van der Waals surface area contributed by atoms with Crippen molar-refractivity contribution in [2.45, 2.75) is 13.0 Å². The number of hydrogen-bond donors (Lipinski definition) is 2. The summed E-state index contributed by atoms with van der Waals surface area (Å²) in [5.74, 6) is 1.27. The van der Waals surface area contributed by atoms with Crippen LogP contribution in [0, 0.1) is 5.82 Å². The van der Waals surface area contributed by atoms with Crippen molar-refractivity contribution in [3.63, 3.8) is 0 Å². The highest BCUT2D eigenvalue weighted by atomic mass is 19.1. The zero-order valence-corrected chi connectivity index (χ0v) is 17.0. The number of para-hydroxylation sites is 1.